The molecule has 290 valence electrons. The lowest BCUT2D eigenvalue weighted by Gasteiger charge is -2.41. The van der Waals surface area contributed by atoms with Crippen LogP contribution in [-0.4, -0.2) is 95.0 Å². The van der Waals surface area contributed by atoms with Gasteiger partial charge in [0.2, 0.25) is 23.5 Å². The number of primary amides is 1. The first-order chi connectivity index (χ1) is 24.5. The highest BCUT2D eigenvalue weighted by atomic mass is 16.2. The molecule has 4 rings (SSSR count). The zero-order chi connectivity index (χ0) is 38.3. The molecule has 13 nitrogen and oxygen atoms in total. The second-order valence-electron chi connectivity index (χ2n) is 17.1. The first-order valence-electron chi connectivity index (χ1n) is 19.6. The van der Waals surface area contributed by atoms with E-state index in [1.807, 2.05) is 34.6 Å². The number of carbonyl (C=O) groups is 7. The maximum atomic E-state index is 14.6. The zero-order valence-electron chi connectivity index (χ0n) is 32.2. The number of nitrogens with zero attached hydrogens (tertiary/aromatic N) is 2. The van der Waals surface area contributed by atoms with E-state index in [2.05, 4.69) is 22.5 Å². The molecule has 2 aliphatic heterocycles. The van der Waals surface area contributed by atoms with Crippen molar-refractivity contribution in [2.24, 2.45) is 16.2 Å². The fraction of sp³-hybridized carbons (Fsp3) is 0.769. The fourth-order valence-corrected chi connectivity index (χ4v) is 8.76. The number of rotatable bonds is 14. The topological polar surface area (TPSA) is 179 Å². The fourth-order valence-electron chi connectivity index (χ4n) is 8.76. The van der Waals surface area contributed by atoms with Crippen molar-refractivity contribution in [3.8, 4) is 0 Å². The van der Waals surface area contributed by atoms with Gasteiger partial charge in [-0.1, -0.05) is 79.2 Å². The van der Waals surface area contributed by atoms with Crippen LogP contribution in [0.5, 0.6) is 0 Å². The Bertz CT molecular complexity index is 1360. The number of carbonyl (C=O) groups excluding carboxylic acids is 7. The Balaban J connectivity index is 1.50. The Morgan fingerprint density at radius 1 is 0.942 bits per heavy atom. The van der Waals surface area contributed by atoms with Crippen molar-refractivity contribution in [1.82, 2.24) is 25.8 Å². The Morgan fingerprint density at radius 2 is 1.56 bits per heavy atom. The number of amides is 7. The third-order valence-electron chi connectivity index (χ3n) is 12.1. The first-order valence-corrected chi connectivity index (χ1v) is 19.6. The molecule has 4 aliphatic rings. The van der Waals surface area contributed by atoms with Crippen LogP contribution in [0, 0.1) is 16.2 Å². The number of quaternary nitrogens is 1. The smallest absolute Gasteiger partial charge is 0.346 e. The molecule has 2 saturated heterocycles. The van der Waals surface area contributed by atoms with Crippen molar-refractivity contribution in [2.75, 3.05) is 19.6 Å². The van der Waals surface area contributed by atoms with E-state index in [9.17, 15) is 33.6 Å². The van der Waals surface area contributed by atoms with Crippen LogP contribution < -0.4 is 21.3 Å². The number of imide groups is 1. The molecular formula is C39H63N6O7+. The molecule has 1 spiro atoms. The van der Waals surface area contributed by atoms with Crippen molar-refractivity contribution in [1.29, 1.82) is 0 Å². The maximum Gasteiger partial charge on any atom is 0.414 e. The molecule has 5 N–H and O–H groups in total. The van der Waals surface area contributed by atoms with Crippen LogP contribution in [0.1, 0.15) is 131 Å². The average molecular weight is 728 g/mol. The van der Waals surface area contributed by atoms with E-state index in [-0.39, 0.29) is 42.6 Å². The minimum Gasteiger partial charge on any atom is -0.346 e. The highest BCUT2D eigenvalue weighted by Crippen LogP contribution is 2.47. The van der Waals surface area contributed by atoms with E-state index in [1.165, 1.54) is 16.3 Å². The number of likely N-dealkylation sites (tertiary alicyclic amines) is 2. The summed E-state index contributed by atoms with van der Waals surface area (Å²) in [6, 6.07) is -3.70. The molecular weight excluding hydrogens is 664 g/mol. The number of nitrogens with two attached hydrogens (primary N) is 1. The summed E-state index contributed by atoms with van der Waals surface area (Å²) < 4.78 is 0. The minimum absolute atomic E-state index is 0.0599. The summed E-state index contributed by atoms with van der Waals surface area (Å²) in [5, 5.41) is 9.77. The molecule has 0 aromatic heterocycles. The standard InChI is InChI=1S/C39H62N6O7/c1-7-15-26(31(48)34(50)40-21-8-2)41-33(49)27-16-14-22-44(27)35(51)32(38(6)17-10-9-11-18-38)43-36(52)42-28(37(3,4)5)25-45-29(46)23-39(24-30(45)47)19-12-13-20-39/h8,26-28,32H,2,7,9-25H2,1,3-6H3,(H,40,50)(H,41,49)(H2,42,43,52)/p+1/t26?,27-,28+,32+/m0/s1. The summed E-state index contributed by atoms with van der Waals surface area (Å²) in [4.78, 5) is 97.2. The minimum atomic E-state index is -1.03. The predicted molar refractivity (Wildman–Crippen MR) is 195 cm³/mol. The van der Waals surface area contributed by atoms with Crippen LogP contribution in [0.25, 0.3) is 0 Å². The molecule has 4 fully saturated rings. The van der Waals surface area contributed by atoms with Gasteiger partial charge in [-0.2, -0.15) is 0 Å². The Hall–Kier alpha value is -3.61. The highest BCUT2D eigenvalue weighted by molar-refractivity contribution is 6.38. The van der Waals surface area contributed by atoms with Gasteiger partial charge in [-0.3, -0.25) is 39.0 Å². The number of hydrogen-bond acceptors (Lipinski definition) is 7. The summed E-state index contributed by atoms with van der Waals surface area (Å²) in [5.41, 5.74) is -1.25. The van der Waals surface area contributed by atoms with E-state index < -0.39 is 58.6 Å². The summed E-state index contributed by atoms with van der Waals surface area (Å²) in [6.07, 6.45) is 12.2. The summed E-state index contributed by atoms with van der Waals surface area (Å²) in [7, 11) is 0. The molecule has 52 heavy (non-hydrogen) atoms. The molecule has 2 saturated carbocycles. The number of nitrogens with one attached hydrogen (secondary N) is 3. The van der Waals surface area contributed by atoms with Gasteiger partial charge in [0, 0.05) is 37.9 Å². The SMILES string of the molecule is C=CCNC(=O)C(=O)C(CCC)NC(=O)[C@@H]1CCCN1C(=O)[C@@H]([NH2+]C(=O)N[C@H](CN1C(=O)CC2(CCCC2)CC1=O)C(C)(C)C)C1(C)CCCCC1. The van der Waals surface area contributed by atoms with E-state index in [4.69, 9.17) is 0 Å². The lowest BCUT2D eigenvalue weighted by Crippen LogP contribution is -3.00. The van der Waals surface area contributed by atoms with E-state index in [1.54, 1.807) is 4.90 Å². The molecule has 7 amide bonds. The van der Waals surface area contributed by atoms with Crippen LogP contribution >= 0.6 is 0 Å². The molecule has 0 aromatic carbocycles. The Labute approximate surface area is 309 Å². The van der Waals surface area contributed by atoms with Crippen molar-refractivity contribution < 1.29 is 38.9 Å². The van der Waals surface area contributed by atoms with Gasteiger partial charge in [-0.25, -0.2) is 4.79 Å². The first kappa shape index (κ1) is 41.2. The summed E-state index contributed by atoms with van der Waals surface area (Å²) in [6.45, 7) is 13.8. The van der Waals surface area contributed by atoms with Gasteiger partial charge < -0.3 is 20.9 Å². The number of hydrogen-bond donors (Lipinski definition) is 4. The van der Waals surface area contributed by atoms with Crippen LogP contribution in [0.2, 0.25) is 0 Å². The van der Waals surface area contributed by atoms with Crippen LogP contribution in [0.15, 0.2) is 12.7 Å². The third kappa shape index (κ3) is 9.87. The van der Waals surface area contributed by atoms with E-state index in [0.717, 1.165) is 57.8 Å². The van der Waals surface area contributed by atoms with E-state index in [0.29, 0.717) is 38.6 Å². The third-order valence-corrected chi connectivity index (χ3v) is 12.1. The second-order valence-corrected chi connectivity index (χ2v) is 17.1. The van der Waals surface area contributed by atoms with Crippen LogP contribution in [0.4, 0.5) is 4.79 Å². The number of Topliss-reactive ketones (excluding diaryl/α,β-unsaturated/α-hetero) is 1. The molecule has 4 atom stereocenters. The number of piperidine rings is 1. The van der Waals surface area contributed by atoms with Gasteiger partial charge in [-0.15, -0.1) is 6.58 Å². The number of urea groups is 1. The molecule has 0 bridgehead atoms. The predicted octanol–water partition coefficient (Wildman–Crippen LogP) is 2.87. The molecule has 0 radical (unpaired) electrons. The Kier molecular flexibility index (Phi) is 13.8. The second kappa shape index (κ2) is 17.5. The van der Waals surface area contributed by atoms with Gasteiger partial charge in [-0.05, 0) is 55.8 Å². The van der Waals surface area contributed by atoms with Crippen molar-refractivity contribution >= 4 is 41.4 Å². The maximum absolute atomic E-state index is 14.6. The van der Waals surface area contributed by atoms with Gasteiger partial charge in [0.15, 0.2) is 6.04 Å². The largest absolute Gasteiger partial charge is 0.414 e. The molecule has 2 heterocycles. The quantitative estimate of drug-likeness (QED) is 0.121. The normalized spacial score (nSPS) is 23.1. The van der Waals surface area contributed by atoms with E-state index >= 15 is 0 Å². The van der Waals surface area contributed by atoms with Gasteiger partial charge in [0.1, 0.15) is 6.04 Å². The van der Waals surface area contributed by atoms with Gasteiger partial charge in [0.05, 0.1) is 12.1 Å². The highest BCUT2D eigenvalue weighted by Gasteiger charge is 2.50. The van der Waals surface area contributed by atoms with Crippen LogP contribution in [-0.2, 0) is 28.8 Å². The molecule has 2 aliphatic carbocycles. The van der Waals surface area contributed by atoms with Crippen molar-refractivity contribution in [2.45, 2.75) is 155 Å². The number of ketones is 1. The van der Waals surface area contributed by atoms with Crippen molar-refractivity contribution in [3.63, 3.8) is 0 Å². The molecule has 1 unspecified atom stereocenters. The molecule has 13 heteroatoms. The lowest BCUT2D eigenvalue weighted by atomic mass is 9.70. The van der Waals surface area contributed by atoms with Gasteiger partial charge in [0.25, 0.3) is 11.8 Å². The average Bonchev–Trinajstić information content (AvgIpc) is 3.76. The zero-order valence-corrected chi connectivity index (χ0v) is 32.2. The van der Waals surface area contributed by atoms with Crippen LogP contribution in [0.3, 0.4) is 0 Å². The molecule has 0 aromatic rings. The Morgan fingerprint density at radius 3 is 2.13 bits per heavy atom. The lowest BCUT2D eigenvalue weighted by molar-refractivity contribution is -0.600. The summed E-state index contributed by atoms with van der Waals surface area (Å²) >= 11 is 0. The summed E-state index contributed by atoms with van der Waals surface area (Å²) in [5.74, 6) is -2.72. The van der Waals surface area contributed by atoms with Gasteiger partial charge >= 0.3 is 6.03 Å². The monoisotopic (exact) mass is 727 g/mol. The van der Waals surface area contributed by atoms with Crippen molar-refractivity contribution in [3.05, 3.63) is 12.7 Å².